The van der Waals surface area contributed by atoms with Crippen LogP contribution in [-0.2, 0) is 0 Å². The summed E-state index contributed by atoms with van der Waals surface area (Å²) in [6.45, 7) is 3.96. The van der Waals surface area contributed by atoms with Crippen LogP contribution >= 0.6 is 0 Å². The molecule has 0 heterocycles. The molecular weight excluding hydrogens is 320 g/mol. The van der Waals surface area contributed by atoms with Crippen LogP contribution in [0.3, 0.4) is 0 Å². The molecule has 25 heavy (non-hydrogen) atoms. The Morgan fingerprint density at radius 3 is 2.20 bits per heavy atom. The fourth-order valence-corrected chi connectivity index (χ4v) is 2.38. The first kappa shape index (κ1) is 18.3. The second kappa shape index (κ2) is 8.19. The molecule has 0 aliphatic heterocycles. The molecule has 6 heteroatoms. The molecule has 0 aliphatic carbocycles. The van der Waals surface area contributed by atoms with Crippen molar-refractivity contribution in [3.8, 4) is 17.2 Å². The largest absolute Gasteiger partial charge is 0.496 e. The van der Waals surface area contributed by atoms with Crippen molar-refractivity contribution in [3.63, 3.8) is 0 Å². The van der Waals surface area contributed by atoms with Crippen LogP contribution < -0.4 is 19.6 Å². The van der Waals surface area contributed by atoms with Gasteiger partial charge < -0.3 is 14.2 Å². The number of hydrogen-bond donors (Lipinski definition) is 1. The molecule has 0 saturated carbocycles. The summed E-state index contributed by atoms with van der Waals surface area (Å²) in [4.78, 5) is 12.2. The molecule has 0 unspecified atom stereocenters. The van der Waals surface area contributed by atoms with Crippen molar-refractivity contribution in [2.75, 3.05) is 21.3 Å². The first-order chi connectivity index (χ1) is 12.0. The van der Waals surface area contributed by atoms with E-state index < -0.39 is 0 Å². The Bertz CT molecular complexity index is 800. The molecule has 132 valence electrons. The van der Waals surface area contributed by atoms with E-state index in [-0.39, 0.29) is 5.91 Å². The average Bonchev–Trinajstić information content (AvgIpc) is 2.64. The minimum atomic E-state index is -0.333. The number of carbonyl (C=O) groups excluding carboxylic acids is 1. The molecule has 0 spiro atoms. The molecule has 0 aliphatic rings. The zero-order valence-electron chi connectivity index (χ0n) is 15.0. The number of carbonyl (C=O) groups is 1. The number of hydrogen-bond acceptors (Lipinski definition) is 5. The zero-order valence-corrected chi connectivity index (χ0v) is 15.0. The maximum Gasteiger partial charge on any atom is 0.271 e. The molecule has 0 radical (unpaired) electrons. The Hall–Kier alpha value is -3.02. The SMILES string of the molecule is COc1ccc(C(=O)NN=Cc2ccc(OC)c(C)c2C)cc1OC. The number of nitrogens with one attached hydrogen (secondary N) is 1. The highest BCUT2D eigenvalue weighted by molar-refractivity contribution is 5.95. The standard InChI is InChI=1S/C19H22N2O4/c1-12-13(2)16(23-3)8-7-15(12)11-20-21-19(22)14-6-9-17(24-4)18(10-14)25-5/h6-11H,1-5H3,(H,21,22). The lowest BCUT2D eigenvalue weighted by atomic mass is 10.0. The van der Waals surface area contributed by atoms with Gasteiger partial charge in [0.05, 0.1) is 27.5 Å². The predicted octanol–water partition coefficient (Wildman–Crippen LogP) is 3.09. The highest BCUT2D eigenvalue weighted by atomic mass is 16.5. The zero-order chi connectivity index (χ0) is 18.4. The van der Waals surface area contributed by atoms with E-state index >= 15 is 0 Å². The number of ether oxygens (including phenoxy) is 3. The van der Waals surface area contributed by atoms with Crippen molar-refractivity contribution in [3.05, 3.63) is 52.6 Å². The molecule has 0 fully saturated rings. The molecule has 2 aromatic carbocycles. The minimum absolute atomic E-state index is 0.333. The fourth-order valence-electron chi connectivity index (χ4n) is 2.38. The third kappa shape index (κ3) is 4.09. The van der Waals surface area contributed by atoms with Crippen molar-refractivity contribution in [2.45, 2.75) is 13.8 Å². The van der Waals surface area contributed by atoms with E-state index in [1.807, 2.05) is 26.0 Å². The van der Waals surface area contributed by atoms with Crippen molar-refractivity contribution in [1.29, 1.82) is 0 Å². The molecule has 0 atom stereocenters. The Labute approximate surface area is 147 Å². The van der Waals surface area contributed by atoms with Crippen molar-refractivity contribution in [1.82, 2.24) is 5.43 Å². The van der Waals surface area contributed by atoms with Gasteiger partial charge in [0.2, 0.25) is 0 Å². The van der Waals surface area contributed by atoms with Crippen LogP contribution in [0.5, 0.6) is 17.2 Å². The lowest BCUT2D eigenvalue weighted by Crippen LogP contribution is -2.17. The lowest BCUT2D eigenvalue weighted by molar-refractivity contribution is 0.0954. The highest BCUT2D eigenvalue weighted by Gasteiger charge is 2.10. The van der Waals surface area contributed by atoms with Gasteiger partial charge in [0.15, 0.2) is 11.5 Å². The normalized spacial score (nSPS) is 10.6. The Morgan fingerprint density at radius 2 is 1.56 bits per heavy atom. The Kier molecular flexibility index (Phi) is 6.00. The van der Waals surface area contributed by atoms with E-state index in [1.165, 1.54) is 7.11 Å². The van der Waals surface area contributed by atoms with Gasteiger partial charge in [-0.1, -0.05) is 0 Å². The first-order valence-corrected chi connectivity index (χ1v) is 7.71. The molecule has 0 saturated heterocycles. The molecule has 2 rings (SSSR count). The van der Waals surface area contributed by atoms with E-state index in [0.717, 1.165) is 22.4 Å². The third-order valence-electron chi connectivity index (χ3n) is 4.01. The summed E-state index contributed by atoms with van der Waals surface area (Å²) in [7, 11) is 4.70. The summed E-state index contributed by atoms with van der Waals surface area (Å²) in [5, 5.41) is 4.04. The van der Waals surface area contributed by atoms with Crippen LogP contribution in [0.15, 0.2) is 35.4 Å². The monoisotopic (exact) mass is 342 g/mol. The van der Waals surface area contributed by atoms with Gasteiger partial charge in [-0.2, -0.15) is 5.10 Å². The molecule has 0 bridgehead atoms. The number of benzene rings is 2. The Balaban J connectivity index is 2.12. The van der Waals surface area contributed by atoms with Gasteiger partial charge in [0.25, 0.3) is 5.91 Å². The summed E-state index contributed by atoms with van der Waals surface area (Å²) in [5.74, 6) is 1.54. The van der Waals surface area contributed by atoms with Crippen LogP contribution in [0, 0.1) is 13.8 Å². The van der Waals surface area contributed by atoms with Gasteiger partial charge in [-0.25, -0.2) is 5.43 Å². The Morgan fingerprint density at radius 1 is 0.920 bits per heavy atom. The second-order valence-electron chi connectivity index (χ2n) is 5.38. The number of hydrazone groups is 1. The smallest absolute Gasteiger partial charge is 0.271 e. The number of nitrogens with zero attached hydrogens (tertiary/aromatic N) is 1. The van der Waals surface area contributed by atoms with E-state index in [4.69, 9.17) is 14.2 Å². The molecule has 1 N–H and O–H groups in total. The van der Waals surface area contributed by atoms with E-state index in [1.54, 1.807) is 38.6 Å². The second-order valence-corrected chi connectivity index (χ2v) is 5.38. The number of rotatable bonds is 6. The molecule has 6 nitrogen and oxygen atoms in total. The first-order valence-electron chi connectivity index (χ1n) is 7.71. The molecule has 2 aromatic rings. The van der Waals surface area contributed by atoms with Gasteiger partial charge in [0.1, 0.15) is 5.75 Å². The van der Waals surface area contributed by atoms with Gasteiger partial charge >= 0.3 is 0 Å². The van der Waals surface area contributed by atoms with Gasteiger partial charge in [0, 0.05) is 5.56 Å². The topological polar surface area (TPSA) is 69.2 Å². The fraction of sp³-hybridized carbons (Fsp3) is 0.263. The van der Waals surface area contributed by atoms with Crippen LogP contribution in [0.1, 0.15) is 27.0 Å². The summed E-state index contributed by atoms with van der Waals surface area (Å²) in [6.07, 6.45) is 1.61. The van der Waals surface area contributed by atoms with Gasteiger partial charge in [-0.15, -0.1) is 0 Å². The molecule has 0 aromatic heterocycles. The van der Waals surface area contributed by atoms with Gasteiger partial charge in [-0.05, 0) is 60.9 Å². The van der Waals surface area contributed by atoms with Gasteiger partial charge in [-0.3, -0.25) is 4.79 Å². The number of amides is 1. The van der Waals surface area contributed by atoms with Crippen LogP contribution in [0.25, 0.3) is 0 Å². The van der Waals surface area contributed by atoms with Crippen molar-refractivity contribution in [2.24, 2.45) is 5.10 Å². The van der Waals surface area contributed by atoms with E-state index in [9.17, 15) is 4.79 Å². The van der Waals surface area contributed by atoms with Crippen molar-refractivity contribution < 1.29 is 19.0 Å². The highest BCUT2D eigenvalue weighted by Crippen LogP contribution is 2.27. The maximum atomic E-state index is 12.2. The summed E-state index contributed by atoms with van der Waals surface area (Å²) in [5.41, 5.74) is 5.94. The summed E-state index contributed by atoms with van der Waals surface area (Å²) < 4.78 is 15.6. The lowest BCUT2D eigenvalue weighted by Gasteiger charge is -2.10. The van der Waals surface area contributed by atoms with Crippen LogP contribution in [-0.4, -0.2) is 33.5 Å². The summed E-state index contributed by atoms with van der Waals surface area (Å²) in [6, 6.07) is 8.70. The summed E-state index contributed by atoms with van der Waals surface area (Å²) >= 11 is 0. The number of methoxy groups -OCH3 is 3. The molecule has 1 amide bonds. The average molecular weight is 342 g/mol. The molecular formula is C19H22N2O4. The van der Waals surface area contributed by atoms with Crippen LogP contribution in [0.4, 0.5) is 0 Å². The van der Waals surface area contributed by atoms with E-state index in [2.05, 4.69) is 10.5 Å². The maximum absolute atomic E-state index is 12.2. The minimum Gasteiger partial charge on any atom is -0.496 e. The third-order valence-corrected chi connectivity index (χ3v) is 4.01. The van der Waals surface area contributed by atoms with E-state index in [0.29, 0.717) is 17.1 Å². The van der Waals surface area contributed by atoms with Crippen molar-refractivity contribution >= 4 is 12.1 Å². The quantitative estimate of drug-likeness (QED) is 0.647. The van der Waals surface area contributed by atoms with Crippen LogP contribution in [0.2, 0.25) is 0 Å². The predicted molar refractivity (Wildman–Crippen MR) is 97.1 cm³/mol.